The highest BCUT2D eigenvalue weighted by atomic mass is 16.8. The van der Waals surface area contributed by atoms with E-state index in [9.17, 15) is 0 Å². The van der Waals surface area contributed by atoms with Crippen molar-refractivity contribution in [2.75, 3.05) is 13.7 Å². The Morgan fingerprint density at radius 3 is 2.24 bits per heavy atom. The van der Waals surface area contributed by atoms with E-state index >= 15 is 0 Å². The maximum atomic E-state index is 5.81. The molecule has 5 nitrogen and oxygen atoms in total. The molecule has 0 saturated carbocycles. The Balaban J connectivity index is 3.04. The lowest BCUT2D eigenvalue weighted by molar-refractivity contribution is -0.231. The van der Waals surface area contributed by atoms with Crippen molar-refractivity contribution in [2.45, 2.75) is 53.3 Å². The largest absolute Gasteiger partial charge is 0.486 e. The van der Waals surface area contributed by atoms with Gasteiger partial charge >= 0.3 is 6.48 Å². The lowest BCUT2D eigenvalue weighted by Crippen LogP contribution is -2.23. The molecule has 0 fully saturated rings. The van der Waals surface area contributed by atoms with Crippen molar-refractivity contribution in [3.05, 3.63) is 18.2 Å². The minimum atomic E-state index is -0.793. The molecule has 1 radical (unpaired) electrons. The highest BCUT2D eigenvalue weighted by Gasteiger charge is 2.19. The summed E-state index contributed by atoms with van der Waals surface area (Å²) in [6, 6.07) is 6.50. The van der Waals surface area contributed by atoms with Crippen LogP contribution in [0.2, 0.25) is 0 Å². The van der Waals surface area contributed by atoms with Gasteiger partial charge in [0.15, 0.2) is 11.5 Å². The first kappa shape index (κ1) is 17.6. The molecule has 1 aromatic carbocycles. The Bertz CT molecular complexity index is 417. The summed E-state index contributed by atoms with van der Waals surface area (Å²) in [7, 11) is 1.52. The highest BCUT2D eigenvalue weighted by Crippen LogP contribution is 2.38. The summed E-state index contributed by atoms with van der Waals surface area (Å²) < 4.78 is 27.7. The summed E-state index contributed by atoms with van der Waals surface area (Å²) in [5.74, 6) is 1.52. The second-order valence-corrected chi connectivity index (χ2v) is 4.93. The van der Waals surface area contributed by atoms with Crippen molar-refractivity contribution in [1.82, 2.24) is 0 Å². The van der Waals surface area contributed by atoms with Crippen molar-refractivity contribution in [2.24, 2.45) is 0 Å². The van der Waals surface area contributed by atoms with Crippen LogP contribution in [-0.2, 0) is 9.47 Å². The van der Waals surface area contributed by atoms with Gasteiger partial charge in [-0.2, -0.15) is 0 Å². The fraction of sp³-hybridized carbons (Fsp3) is 0.625. The Kier molecular flexibility index (Phi) is 7.32. The molecule has 0 heterocycles. The molecule has 0 N–H and O–H groups in total. The molecule has 119 valence electrons. The summed E-state index contributed by atoms with van der Waals surface area (Å²) in [5.41, 5.74) is 0. The molecule has 0 amide bonds. The third-order valence-electron chi connectivity index (χ3n) is 2.30. The van der Waals surface area contributed by atoms with Crippen LogP contribution in [-0.4, -0.2) is 32.4 Å². The molecule has 1 atom stereocenters. The average Bonchev–Trinajstić information content (AvgIpc) is 2.40. The molecule has 0 aliphatic heterocycles. The van der Waals surface area contributed by atoms with Gasteiger partial charge in [-0.05, 0) is 46.8 Å². The van der Waals surface area contributed by atoms with Crippen LogP contribution in [0.15, 0.2) is 12.1 Å². The third-order valence-corrected chi connectivity index (χ3v) is 2.30. The molecular weight excluding hydrogens is 272 g/mol. The Labute approximate surface area is 127 Å². The Morgan fingerprint density at radius 1 is 1.05 bits per heavy atom. The van der Waals surface area contributed by atoms with Crippen LogP contribution >= 0.6 is 0 Å². The fourth-order valence-corrected chi connectivity index (χ4v) is 1.60. The minimum absolute atomic E-state index is 0.0103. The monoisotopic (exact) mass is 297 g/mol. The fourth-order valence-electron chi connectivity index (χ4n) is 1.60. The number of methoxy groups -OCH3 is 1. The molecule has 21 heavy (non-hydrogen) atoms. The SMILES string of the molecule is CCOC(OC)Oc1cc[c]c(OC(C)C)c1OC(C)C. The van der Waals surface area contributed by atoms with Crippen LogP contribution in [0.5, 0.6) is 17.2 Å². The van der Waals surface area contributed by atoms with Gasteiger partial charge in [0.25, 0.3) is 0 Å². The first-order chi connectivity index (χ1) is 9.97. The number of hydrogen-bond acceptors (Lipinski definition) is 5. The number of ether oxygens (including phenoxy) is 5. The van der Waals surface area contributed by atoms with E-state index in [2.05, 4.69) is 6.07 Å². The van der Waals surface area contributed by atoms with E-state index in [0.29, 0.717) is 23.9 Å². The number of rotatable bonds is 9. The molecule has 1 rings (SSSR count). The first-order valence-corrected chi connectivity index (χ1v) is 7.16. The molecule has 0 aromatic heterocycles. The summed E-state index contributed by atoms with van der Waals surface area (Å²) in [6.45, 7) is 9.31. The summed E-state index contributed by atoms with van der Waals surface area (Å²) >= 11 is 0. The Hall–Kier alpha value is -1.46. The van der Waals surface area contributed by atoms with Crippen LogP contribution < -0.4 is 14.2 Å². The smallest absolute Gasteiger partial charge is 0.315 e. The van der Waals surface area contributed by atoms with Gasteiger partial charge in [0.2, 0.25) is 5.75 Å². The number of hydrogen-bond donors (Lipinski definition) is 0. The molecule has 0 aliphatic rings. The molecule has 0 aliphatic carbocycles. The van der Waals surface area contributed by atoms with Crippen molar-refractivity contribution in [1.29, 1.82) is 0 Å². The molecule has 0 bridgehead atoms. The summed E-state index contributed by atoms with van der Waals surface area (Å²) in [4.78, 5) is 0. The predicted molar refractivity (Wildman–Crippen MR) is 79.9 cm³/mol. The van der Waals surface area contributed by atoms with Crippen LogP contribution in [0.25, 0.3) is 0 Å². The molecule has 0 saturated heterocycles. The summed E-state index contributed by atoms with van der Waals surface area (Å²) in [5, 5.41) is 0. The molecule has 1 aromatic rings. The molecule has 0 spiro atoms. The van der Waals surface area contributed by atoms with E-state index in [-0.39, 0.29) is 12.2 Å². The van der Waals surface area contributed by atoms with Gasteiger partial charge in [0.05, 0.1) is 18.8 Å². The van der Waals surface area contributed by atoms with Crippen molar-refractivity contribution < 1.29 is 23.7 Å². The van der Waals surface area contributed by atoms with Gasteiger partial charge < -0.3 is 23.7 Å². The minimum Gasteiger partial charge on any atom is -0.486 e. The zero-order valence-corrected chi connectivity index (χ0v) is 13.6. The van der Waals surface area contributed by atoms with E-state index in [1.165, 1.54) is 7.11 Å². The topological polar surface area (TPSA) is 46.2 Å². The maximum Gasteiger partial charge on any atom is 0.315 e. The van der Waals surface area contributed by atoms with Crippen LogP contribution in [0.1, 0.15) is 34.6 Å². The summed E-state index contributed by atoms with van der Waals surface area (Å²) in [6.07, 6.45) is -0.0122. The van der Waals surface area contributed by atoms with E-state index in [4.69, 9.17) is 23.7 Å². The quantitative estimate of drug-likeness (QED) is 0.654. The lowest BCUT2D eigenvalue weighted by atomic mass is 10.3. The van der Waals surface area contributed by atoms with Crippen LogP contribution in [0.4, 0.5) is 0 Å². The maximum absolute atomic E-state index is 5.81. The van der Waals surface area contributed by atoms with E-state index in [1.54, 1.807) is 12.1 Å². The van der Waals surface area contributed by atoms with E-state index in [0.717, 1.165) is 0 Å². The predicted octanol–water partition coefficient (Wildman–Crippen LogP) is 3.41. The third kappa shape index (κ3) is 5.81. The molecular formula is C16H25O5. The standard InChI is InChI=1S/C16H25O5/c1-7-18-16(17-6)21-14-10-8-9-13(19-11(2)3)15(14)20-12(4)5/h8,10-12,16H,7H2,1-6H3. The molecule has 5 heteroatoms. The van der Waals surface area contributed by atoms with Gasteiger partial charge in [-0.1, -0.05) is 0 Å². The van der Waals surface area contributed by atoms with Gasteiger partial charge in [-0.3, -0.25) is 0 Å². The normalized spacial score (nSPS) is 12.6. The zero-order valence-electron chi connectivity index (χ0n) is 13.6. The van der Waals surface area contributed by atoms with Crippen LogP contribution in [0, 0.1) is 6.07 Å². The van der Waals surface area contributed by atoms with Crippen LogP contribution in [0.3, 0.4) is 0 Å². The highest BCUT2D eigenvalue weighted by molar-refractivity contribution is 5.50. The van der Waals surface area contributed by atoms with E-state index < -0.39 is 6.48 Å². The second-order valence-electron chi connectivity index (χ2n) is 4.93. The lowest BCUT2D eigenvalue weighted by Gasteiger charge is -2.22. The van der Waals surface area contributed by atoms with Gasteiger partial charge in [0.1, 0.15) is 0 Å². The molecule has 1 unspecified atom stereocenters. The van der Waals surface area contributed by atoms with Gasteiger partial charge in [-0.25, -0.2) is 0 Å². The average molecular weight is 297 g/mol. The van der Waals surface area contributed by atoms with Gasteiger partial charge in [-0.15, -0.1) is 0 Å². The second kappa shape index (κ2) is 8.74. The number of benzene rings is 1. The van der Waals surface area contributed by atoms with E-state index in [1.807, 2.05) is 34.6 Å². The zero-order chi connectivity index (χ0) is 15.8. The van der Waals surface area contributed by atoms with Crippen molar-refractivity contribution in [3.63, 3.8) is 0 Å². The first-order valence-electron chi connectivity index (χ1n) is 7.16. The van der Waals surface area contributed by atoms with Crippen molar-refractivity contribution in [3.8, 4) is 17.2 Å². The van der Waals surface area contributed by atoms with Crippen molar-refractivity contribution >= 4 is 0 Å². The van der Waals surface area contributed by atoms with Gasteiger partial charge in [0, 0.05) is 13.2 Å². The Morgan fingerprint density at radius 2 is 1.71 bits per heavy atom.